The van der Waals surface area contributed by atoms with Crippen molar-refractivity contribution >= 4 is 74.5 Å². The predicted octanol–water partition coefficient (Wildman–Crippen LogP) is 6.43. The minimum absolute atomic E-state index is 0.00406. The highest BCUT2D eigenvalue weighted by Gasteiger charge is 2.54. The fraction of sp³-hybridized carbons (Fsp3) is 0.200. The molecule has 2 aliphatic heterocycles. The quantitative estimate of drug-likeness (QED) is 0.0230. The lowest BCUT2D eigenvalue weighted by Crippen LogP contribution is -2.71. The maximum absolute atomic E-state index is 13.8. The zero-order valence-electron chi connectivity index (χ0n) is 29.8. The molecule has 4 aromatic carbocycles. The van der Waals surface area contributed by atoms with Crippen LogP contribution in [0.2, 0.25) is 0 Å². The summed E-state index contributed by atoms with van der Waals surface area (Å²) in [5, 5.41) is 9.75. The maximum atomic E-state index is 13.8. The topological polar surface area (TPSA) is 144 Å². The largest absolute Gasteiger partial charge is 0.497 e. The van der Waals surface area contributed by atoms with Gasteiger partial charge in [0.15, 0.2) is 0 Å². The van der Waals surface area contributed by atoms with E-state index in [0.29, 0.717) is 21.1 Å². The molecule has 1 fully saturated rings. The molecule has 2 atom stereocenters. The number of oxime groups is 1. The second-order valence-corrected chi connectivity index (χ2v) is 15.1. The summed E-state index contributed by atoms with van der Waals surface area (Å²) in [6.07, 6.45) is 0. The number of benzene rings is 4. The van der Waals surface area contributed by atoms with E-state index in [2.05, 4.69) is 47.7 Å². The van der Waals surface area contributed by atoms with Gasteiger partial charge in [-0.25, -0.2) is 9.18 Å². The highest BCUT2D eigenvalue weighted by atomic mass is 127. The van der Waals surface area contributed by atoms with E-state index in [4.69, 9.17) is 14.3 Å². The van der Waals surface area contributed by atoms with Gasteiger partial charge in [0.1, 0.15) is 35.0 Å². The Labute approximate surface area is 343 Å². The molecular weight excluding hydrogens is 871 g/mol. The molecule has 0 bridgehead atoms. The average molecular weight is 905 g/mol. The van der Waals surface area contributed by atoms with Crippen molar-refractivity contribution in [3.63, 3.8) is 0 Å². The predicted molar refractivity (Wildman–Crippen MR) is 220 cm³/mol. The molecule has 2 N–H and O–H groups in total. The molecule has 2 aliphatic rings. The van der Waals surface area contributed by atoms with E-state index in [1.54, 1.807) is 31.4 Å². The van der Waals surface area contributed by atoms with Gasteiger partial charge >= 0.3 is 5.97 Å². The van der Waals surface area contributed by atoms with Crippen molar-refractivity contribution in [1.82, 2.24) is 19.6 Å². The molecule has 1 saturated heterocycles. The van der Waals surface area contributed by atoms with Gasteiger partial charge in [0.25, 0.3) is 18.7 Å². The molecule has 5 aromatic rings. The lowest BCUT2D eigenvalue weighted by molar-refractivity contribution is -0.153. The molecule has 16 heteroatoms. The lowest BCUT2D eigenvalue weighted by Gasteiger charge is -2.49. The first-order chi connectivity index (χ1) is 27.4. The number of methoxy groups -OCH3 is 1. The number of aromatic nitrogens is 2. The molecule has 286 valence electrons. The summed E-state index contributed by atoms with van der Waals surface area (Å²) in [7, 11) is 1.56. The molecule has 56 heavy (non-hydrogen) atoms. The Balaban J connectivity index is 1.11. The maximum Gasteiger partial charge on any atom is 0.355 e. The molecule has 12 nitrogen and oxygen atoms in total. The Bertz CT molecular complexity index is 2150. The van der Waals surface area contributed by atoms with Crippen LogP contribution in [0.4, 0.5) is 9.52 Å². The zero-order chi connectivity index (χ0) is 39.1. The van der Waals surface area contributed by atoms with E-state index in [1.807, 2.05) is 91.0 Å². The van der Waals surface area contributed by atoms with Gasteiger partial charge < -0.3 is 24.9 Å². The van der Waals surface area contributed by atoms with Gasteiger partial charge in [0.05, 0.1) is 7.11 Å². The number of amides is 2. The van der Waals surface area contributed by atoms with Crippen LogP contribution in [0.3, 0.4) is 0 Å². The molecule has 1 aromatic heterocycles. The number of rotatable bonds is 15. The van der Waals surface area contributed by atoms with E-state index < -0.39 is 47.3 Å². The van der Waals surface area contributed by atoms with Crippen LogP contribution >= 0.6 is 45.9 Å². The molecule has 3 heterocycles. The second kappa shape index (κ2) is 17.6. The Morgan fingerprint density at radius 1 is 0.946 bits per heavy atom. The van der Waals surface area contributed by atoms with Crippen molar-refractivity contribution in [2.45, 2.75) is 23.6 Å². The van der Waals surface area contributed by atoms with Crippen molar-refractivity contribution in [2.24, 2.45) is 5.16 Å². The van der Waals surface area contributed by atoms with Gasteiger partial charge in [-0.15, -0.1) is 11.8 Å². The van der Waals surface area contributed by atoms with E-state index >= 15 is 0 Å². The Hall–Kier alpha value is -5.33. The van der Waals surface area contributed by atoms with Crippen LogP contribution in [0.1, 0.15) is 28.1 Å². The van der Waals surface area contributed by atoms with Gasteiger partial charge in [-0.3, -0.25) is 14.5 Å². The monoisotopic (exact) mass is 904 g/mol. The third-order valence-electron chi connectivity index (χ3n) is 9.19. The number of alkyl halides is 2. The minimum Gasteiger partial charge on any atom is -0.497 e. The van der Waals surface area contributed by atoms with Crippen LogP contribution in [-0.4, -0.2) is 73.3 Å². The first-order valence-electron chi connectivity index (χ1n) is 17.3. The first kappa shape index (κ1) is 38.9. The molecule has 2 amide bonds. The number of fused-ring (bicyclic) bond motifs is 1. The summed E-state index contributed by atoms with van der Waals surface area (Å²) < 4.78 is 29.0. The summed E-state index contributed by atoms with van der Waals surface area (Å²) >= 11 is 4.53. The standard InChI is InChI=1S/C40H34FIN6O6S2/c1-52-30-19-17-25(18-20-30)22-53-38(51)33-26(21-42)23-55-37-32(36(50)48(33)37)43-35(49)31(46-54-24-41)34-44-39(56-47-34)45-40(27-11-5-2-6-12-27,28-13-7-3-8-14-28)29-15-9-4-10-16-29/h2-20,32,37H,21-24H2,1H3,(H,43,49)(H,44,45,47)/b46-31-/t32-,37+/m1/s1. The molecule has 0 aliphatic carbocycles. The number of carbonyl (C=O) groups is 3. The number of nitrogens with one attached hydrogen (secondary N) is 2. The van der Waals surface area contributed by atoms with E-state index in [9.17, 15) is 18.8 Å². The van der Waals surface area contributed by atoms with Crippen LogP contribution in [0, 0.1) is 0 Å². The number of hydrogen-bond donors (Lipinski definition) is 2. The number of thioether (sulfide) groups is 1. The summed E-state index contributed by atoms with van der Waals surface area (Å²) in [6, 6.07) is 35.7. The summed E-state index contributed by atoms with van der Waals surface area (Å²) in [4.78, 5) is 51.6. The Morgan fingerprint density at radius 3 is 2.11 bits per heavy atom. The number of carbonyl (C=O) groups excluding carboxylic acids is 3. The highest BCUT2D eigenvalue weighted by Crippen LogP contribution is 2.42. The van der Waals surface area contributed by atoms with Crippen LogP contribution < -0.4 is 15.4 Å². The van der Waals surface area contributed by atoms with Crippen LogP contribution in [-0.2, 0) is 36.1 Å². The SMILES string of the molecule is COc1ccc(COC(=O)C2=C(CI)CS[C@H]3[C@H](NC(=O)/C(=N\OCF)c4nsc(NC(c5ccccc5)(c5ccccc5)c5ccccc5)n4)C(=O)N23)cc1. The number of ether oxygens (including phenoxy) is 2. The van der Waals surface area contributed by atoms with Gasteiger partial charge in [0.2, 0.25) is 16.7 Å². The van der Waals surface area contributed by atoms with Crippen LogP contribution in [0.15, 0.2) is 132 Å². The van der Waals surface area contributed by atoms with E-state index in [1.165, 1.54) is 16.7 Å². The summed E-state index contributed by atoms with van der Waals surface area (Å²) in [5.74, 6) is -1.02. The molecule has 0 saturated carbocycles. The van der Waals surface area contributed by atoms with Crippen molar-refractivity contribution in [3.8, 4) is 5.75 Å². The second-order valence-electron chi connectivity index (χ2n) is 12.4. The summed E-state index contributed by atoms with van der Waals surface area (Å²) in [5.41, 5.74) is 3.05. The number of anilines is 1. The number of halogens is 2. The smallest absolute Gasteiger partial charge is 0.355 e. The molecule has 7 rings (SSSR count). The van der Waals surface area contributed by atoms with Gasteiger partial charge in [-0.2, -0.15) is 9.36 Å². The molecule has 0 radical (unpaired) electrons. The van der Waals surface area contributed by atoms with Crippen molar-refractivity contribution in [1.29, 1.82) is 0 Å². The van der Waals surface area contributed by atoms with Gasteiger partial charge in [0, 0.05) is 21.7 Å². The van der Waals surface area contributed by atoms with Crippen molar-refractivity contribution in [3.05, 3.63) is 155 Å². The van der Waals surface area contributed by atoms with Crippen LogP contribution in [0.5, 0.6) is 5.75 Å². The fourth-order valence-corrected chi connectivity index (χ4v) is 9.48. The normalized spacial score (nSPS) is 16.7. The Morgan fingerprint density at radius 2 is 1.55 bits per heavy atom. The molecule has 0 unspecified atom stereocenters. The third-order valence-corrected chi connectivity index (χ3v) is 12.1. The lowest BCUT2D eigenvalue weighted by atomic mass is 9.77. The third kappa shape index (κ3) is 7.85. The summed E-state index contributed by atoms with van der Waals surface area (Å²) in [6.45, 7) is -1.32. The van der Waals surface area contributed by atoms with Crippen molar-refractivity contribution in [2.75, 3.05) is 29.5 Å². The van der Waals surface area contributed by atoms with Gasteiger partial charge in [-0.1, -0.05) is 131 Å². The minimum atomic E-state index is -1.31. The number of esters is 1. The Kier molecular flexibility index (Phi) is 12.3. The number of hydrogen-bond acceptors (Lipinski definition) is 12. The highest BCUT2D eigenvalue weighted by molar-refractivity contribution is 14.1. The van der Waals surface area contributed by atoms with Crippen LogP contribution in [0.25, 0.3) is 0 Å². The average Bonchev–Trinajstić information content (AvgIpc) is 3.72. The number of nitrogens with zero attached hydrogens (tertiary/aromatic N) is 4. The first-order valence-corrected chi connectivity index (χ1v) is 20.6. The van der Waals surface area contributed by atoms with Crippen molar-refractivity contribution < 1.29 is 33.1 Å². The molecule has 0 spiro atoms. The van der Waals surface area contributed by atoms with E-state index in [-0.39, 0.29) is 18.1 Å². The molecular formula is C40H34FIN6O6S2. The van der Waals surface area contributed by atoms with E-state index in [0.717, 1.165) is 39.4 Å². The fourth-order valence-electron chi connectivity index (χ4n) is 6.51. The van der Waals surface area contributed by atoms with Gasteiger partial charge in [-0.05, 0) is 40.0 Å². The zero-order valence-corrected chi connectivity index (χ0v) is 33.6. The number of β-lactam (4-membered cyclic amide) rings is 1.